The van der Waals surface area contributed by atoms with Crippen LogP contribution in [0.5, 0.6) is 0 Å². The molecule has 2 fully saturated rings. The zero-order chi connectivity index (χ0) is 16.2. The Morgan fingerprint density at radius 2 is 1.52 bits per heavy atom. The molecule has 0 nitrogen and oxygen atoms in total. The summed E-state index contributed by atoms with van der Waals surface area (Å²) < 4.78 is 13.9. The fourth-order valence-corrected chi connectivity index (χ4v) is 4.92. The van der Waals surface area contributed by atoms with Crippen LogP contribution < -0.4 is 0 Å². The molecule has 0 bridgehead atoms. The topological polar surface area (TPSA) is 0 Å². The Bertz CT molecular complexity index is 491. The van der Waals surface area contributed by atoms with Crippen LogP contribution in [0, 0.1) is 36.4 Å². The van der Waals surface area contributed by atoms with Crippen LogP contribution in [-0.4, -0.2) is 0 Å². The third-order valence-electron chi connectivity index (χ3n) is 6.65. The first-order valence-electron chi connectivity index (χ1n) is 9.87. The van der Waals surface area contributed by atoms with Gasteiger partial charge in [0.2, 0.25) is 0 Å². The number of halogens is 1. The van der Waals surface area contributed by atoms with E-state index < -0.39 is 0 Å². The van der Waals surface area contributed by atoms with Gasteiger partial charge in [0.15, 0.2) is 0 Å². The van der Waals surface area contributed by atoms with Crippen LogP contribution in [0.4, 0.5) is 4.39 Å². The molecule has 1 aromatic rings. The summed E-state index contributed by atoms with van der Waals surface area (Å²) in [6.45, 7) is 4.37. The molecule has 0 N–H and O–H groups in total. The smallest absolute Gasteiger partial charge is 0.126 e. The van der Waals surface area contributed by atoms with Crippen molar-refractivity contribution in [2.24, 2.45) is 23.7 Å². The van der Waals surface area contributed by atoms with Crippen molar-refractivity contribution in [2.45, 2.75) is 78.1 Å². The maximum atomic E-state index is 13.9. The van der Waals surface area contributed by atoms with Gasteiger partial charge < -0.3 is 0 Å². The van der Waals surface area contributed by atoms with Gasteiger partial charge in [0, 0.05) is 0 Å². The Balaban J connectivity index is 1.42. The summed E-state index contributed by atoms with van der Waals surface area (Å²) in [5.41, 5.74) is 1.94. The first-order chi connectivity index (χ1) is 11.1. The zero-order valence-electron chi connectivity index (χ0n) is 15.0. The van der Waals surface area contributed by atoms with E-state index in [1.807, 2.05) is 19.1 Å². The second-order valence-corrected chi connectivity index (χ2v) is 8.43. The quantitative estimate of drug-likeness (QED) is 0.580. The van der Waals surface area contributed by atoms with E-state index in [1.54, 1.807) is 6.07 Å². The highest BCUT2D eigenvalue weighted by Gasteiger charge is 2.29. The SMILES string of the molecule is Cc1ccc(CCC2CCC(C3CCC(C)CC3)CC2)c(F)c1. The highest BCUT2D eigenvalue weighted by molar-refractivity contribution is 5.23. The van der Waals surface area contributed by atoms with E-state index in [4.69, 9.17) is 0 Å². The first kappa shape index (κ1) is 17.0. The fraction of sp³-hybridized carbons (Fsp3) is 0.727. The minimum absolute atomic E-state index is 0.00462. The second kappa shape index (κ2) is 7.81. The number of hydrogen-bond acceptors (Lipinski definition) is 0. The molecule has 23 heavy (non-hydrogen) atoms. The fourth-order valence-electron chi connectivity index (χ4n) is 4.92. The third kappa shape index (κ3) is 4.58. The van der Waals surface area contributed by atoms with Crippen LogP contribution in [0.25, 0.3) is 0 Å². The Labute approximate surface area is 141 Å². The van der Waals surface area contributed by atoms with Crippen LogP contribution in [0.1, 0.15) is 75.8 Å². The maximum absolute atomic E-state index is 13.9. The largest absolute Gasteiger partial charge is 0.207 e. The van der Waals surface area contributed by atoms with E-state index in [-0.39, 0.29) is 5.82 Å². The predicted octanol–water partition coefficient (Wildman–Crippen LogP) is 6.70. The summed E-state index contributed by atoms with van der Waals surface area (Å²) in [6, 6.07) is 5.70. The van der Waals surface area contributed by atoms with Gasteiger partial charge in [0.25, 0.3) is 0 Å². The molecular weight excluding hydrogens is 283 g/mol. The average molecular weight is 317 g/mol. The van der Waals surface area contributed by atoms with Gasteiger partial charge in [-0.05, 0) is 86.3 Å². The predicted molar refractivity (Wildman–Crippen MR) is 96.0 cm³/mol. The highest BCUT2D eigenvalue weighted by atomic mass is 19.1. The summed E-state index contributed by atoms with van der Waals surface area (Å²) in [4.78, 5) is 0. The number of rotatable bonds is 4. The standard InChI is InChI=1S/C22H33F/c1-16-3-9-19(10-4-16)20-12-6-18(7-13-20)8-14-21-11-5-17(2)15-22(21)23/h5,11,15-16,18-20H,3-4,6-10,12-14H2,1-2H3. The molecule has 0 saturated heterocycles. The second-order valence-electron chi connectivity index (χ2n) is 8.43. The third-order valence-corrected chi connectivity index (χ3v) is 6.65. The molecule has 0 aliphatic heterocycles. The maximum Gasteiger partial charge on any atom is 0.126 e. The lowest BCUT2D eigenvalue weighted by atomic mass is 9.69. The van der Waals surface area contributed by atoms with Gasteiger partial charge in [-0.1, -0.05) is 44.7 Å². The van der Waals surface area contributed by atoms with E-state index >= 15 is 0 Å². The average Bonchev–Trinajstić information content (AvgIpc) is 2.55. The van der Waals surface area contributed by atoms with Gasteiger partial charge in [-0.15, -0.1) is 0 Å². The van der Waals surface area contributed by atoms with E-state index in [9.17, 15) is 4.39 Å². The van der Waals surface area contributed by atoms with Crippen LogP contribution >= 0.6 is 0 Å². The normalized spacial score (nSPS) is 32.0. The van der Waals surface area contributed by atoms with Crippen LogP contribution in [0.3, 0.4) is 0 Å². The summed E-state index contributed by atoms with van der Waals surface area (Å²) in [5.74, 6) is 3.80. The molecule has 2 aliphatic carbocycles. The number of aryl methyl sites for hydroxylation is 2. The van der Waals surface area contributed by atoms with Crippen molar-refractivity contribution < 1.29 is 4.39 Å². The van der Waals surface area contributed by atoms with Gasteiger partial charge in [-0.3, -0.25) is 0 Å². The molecular formula is C22H33F. The van der Waals surface area contributed by atoms with Crippen LogP contribution in [-0.2, 0) is 6.42 Å². The van der Waals surface area contributed by atoms with Crippen molar-refractivity contribution in [3.63, 3.8) is 0 Å². The van der Waals surface area contributed by atoms with Gasteiger partial charge in [-0.25, -0.2) is 4.39 Å². The van der Waals surface area contributed by atoms with Gasteiger partial charge in [-0.2, -0.15) is 0 Å². The van der Waals surface area contributed by atoms with Crippen LogP contribution in [0.15, 0.2) is 18.2 Å². The van der Waals surface area contributed by atoms with Gasteiger partial charge >= 0.3 is 0 Å². The molecule has 2 saturated carbocycles. The van der Waals surface area contributed by atoms with E-state index in [1.165, 1.54) is 57.8 Å². The summed E-state index contributed by atoms with van der Waals surface area (Å²) >= 11 is 0. The lowest BCUT2D eigenvalue weighted by Crippen LogP contribution is -2.25. The lowest BCUT2D eigenvalue weighted by Gasteiger charge is -2.37. The van der Waals surface area contributed by atoms with Gasteiger partial charge in [0.1, 0.15) is 5.82 Å². The molecule has 0 heterocycles. The van der Waals surface area contributed by atoms with Crippen molar-refractivity contribution in [2.75, 3.05) is 0 Å². The van der Waals surface area contributed by atoms with E-state index in [0.29, 0.717) is 0 Å². The molecule has 2 aliphatic rings. The molecule has 0 atom stereocenters. The zero-order valence-corrected chi connectivity index (χ0v) is 15.0. The van der Waals surface area contributed by atoms with Gasteiger partial charge in [0.05, 0.1) is 0 Å². The van der Waals surface area contributed by atoms with Crippen molar-refractivity contribution in [3.05, 3.63) is 35.1 Å². The molecule has 0 amide bonds. The van der Waals surface area contributed by atoms with Crippen molar-refractivity contribution in [3.8, 4) is 0 Å². The first-order valence-corrected chi connectivity index (χ1v) is 9.87. The number of hydrogen-bond donors (Lipinski definition) is 0. The number of benzene rings is 1. The Hall–Kier alpha value is -0.850. The summed E-state index contributed by atoms with van der Waals surface area (Å²) in [7, 11) is 0. The molecule has 0 spiro atoms. The van der Waals surface area contributed by atoms with Crippen molar-refractivity contribution in [1.29, 1.82) is 0 Å². The molecule has 0 aromatic heterocycles. The van der Waals surface area contributed by atoms with E-state index in [2.05, 4.69) is 6.92 Å². The summed E-state index contributed by atoms with van der Waals surface area (Å²) in [6.07, 6.45) is 13.6. The molecule has 1 aromatic carbocycles. The molecule has 3 rings (SSSR count). The molecule has 0 radical (unpaired) electrons. The Morgan fingerprint density at radius 3 is 2.13 bits per heavy atom. The highest BCUT2D eigenvalue weighted by Crippen LogP contribution is 2.42. The van der Waals surface area contributed by atoms with E-state index in [0.717, 1.165) is 41.2 Å². The molecule has 128 valence electrons. The van der Waals surface area contributed by atoms with Crippen molar-refractivity contribution in [1.82, 2.24) is 0 Å². The summed E-state index contributed by atoms with van der Waals surface area (Å²) in [5, 5.41) is 0. The minimum atomic E-state index is -0.00462. The monoisotopic (exact) mass is 316 g/mol. The molecule has 0 unspecified atom stereocenters. The molecule has 1 heteroatoms. The Kier molecular flexibility index (Phi) is 5.77. The van der Waals surface area contributed by atoms with Crippen molar-refractivity contribution >= 4 is 0 Å². The van der Waals surface area contributed by atoms with Crippen LogP contribution in [0.2, 0.25) is 0 Å². The minimum Gasteiger partial charge on any atom is -0.207 e. The Morgan fingerprint density at radius 1 is 0.913 bits per heavy atom. The lowest BCUT2D eigenvalue weighted by molar-refractivity contribution is 0.147.